The topological polar surface area (TPSA) is 25.2 Å². The van der Waals surface area contributed by atoms with Gasteiger partial charge in [-0.15, -0.1) is 0 Å². The first-order chi connectivity index (χ1) is 15.1. The smallest absolute Gasteiger partial charge is 0.266 e. The van der Waals surface area contributed by atoms with E-state index in [4.69, 9.17) is 12.2 Å². The van der Waals surface area contributed by atoms with Crippen molar-refractivity contribution in [1.82, 2.24) is 9.47 Å². The zero-order valence-electron chi connectivity index (χ0n) is 17.7. The summed E-state index contributed by atoms with van der Waals surface area (Å²) in [5.41, 5.74) is 4.75. The third-order valence-electron chi connectivity index (χ3n) is 6.50. The molecule has 0 unspecified atom stereocenters. The Morgan fingerprint density at radius 2 is 1.74 bits per heavy atom. The predicted octanol–water partition coefficient (Wildman–Crippen LogP) is 6.53. The number of thioether (sulfide) groups is 1. The van der Waals surface area contributed by atoms with Crippen molar-refractivity contribution < 1.29 is 4.79 Å². The summed E-state index contributed by atoms with van der Waals surface area (Å²) < 4.78 is 3.06. The molecule has 1 aromatic heterocycles. The third-order valence-corrected chi connectivity index (χ3v) is 7.83. The lowest BCUT2D eigenvalue weighted by Crippen LogP contribution is -2.39. The summed E-state index contributed by atoms with van der Waals surface area (Å²) in [6, 6.07) is 19.2. The molecule has 31 heavy (non-hydrogen) atoms. The van der Waals surface area contributed by atoms with Crippen molar-refractivity contribution in [3.63, 3.8) is 0 Å². The van der Waals surface area contributed by atoms with Crippen LogP contribution in [0.25, 0.3) is 17.0 Å². The molecule has 1 aliphatic carbocycles. The molecular formula is C26H26N2OS2. The highest BCUT2D eigenvalue weighted by Gasteiger charge is 2.37. The monoisotopic (exact) mass is 446 g/mol. The molecule has 158 valence electrons. The molecular weight excluding hydrogens is 420 g/mol. The fourth-order valence-electron chi connectivity index (χ4n) is 4.87. The standard InChI is InChI=1S/C26H26N2OS2/c1-18-22(16-24-25(29)28(26(30)31-24)20-12-6-3-7-13-20)21-14-8-9-15-23(21)27(18)17-19-10-4-2-5-11-19/h2,4-5,8-11,14-16,20H,3,6-7,12-13,17H2,1H3/b24-16+. The van der Waals surface area contributed by atoms with Gasteiger partial charge in [0, 0.05) is 34.7 Å². The fourth-order valence-corrected chi connectivity index (χ4v) is 6.26. The van der Waals surface area contributed by atoms with E-state index in [0.717, 1.165) is 29.9 Å². The van der Waals surface area contributed by atoms with Gasteiger partial charge in [-0.3, -0.25) is 9.69 Å². The van der Waals surface area contributed by atoms with Gasteiger partial charge in [0.1, 0.15) is 4.32 Å². The number of para-hydroxylation sites is 1. The molecule has 2 aliphatic rings. The van der Waals surface area contributed by atoms with Crippen LogP contribution in [0.4, 0.5) is 0 Å². The number of nitrogens with zero attached hydrogens (tertiary/aromatic N) is 2. The van der Waals surface area contributed by atoms with Gasteiger partial charge in [-0.2, -0.15) is 0 Å². The molecule has 3 nitrogen and oxygen atoms in total. The zero-order valence-corrected chi connectivity index (χ0v) is 19.3. The molecule has 0 atom stereocenters. The maximum absolute atomic E-state index is 13.3. The van der Waals surface area contributed by atoms with Gasteiger partial charge in [0.15, 0.2) is 0 Å². The van der Waals surface area contributed by atoms with Crippen LogP contribution in [0.15, 0.2) is 59.5 Å². The first-order valence-electron chi connectivity index (χ1n) is 11.0. The van der Waals surface area contributed by atoms with Crippen LogP contribution in [0.3, 0.4) is 0 Å². The fraction of sp³-hybridized carbons (Fsp3) is 0.308. The summed E-state index contributed by atoms with van der Waals surface area (Å²) in [7, 11) is 0. The van der Waals surface area contributed by atoms with Gasteiger partial charge in [0.05, 0.1) is 4.91 Å². The molecule has 1 saturated heterocycles. The molecule has 2 heterocycles. The Morgan fingerprint density at radius 1 is 1.03 bits per heavy atom. The average molecular weight is 447 g/mol. The van der Waals surface area contributed by atoms with Crippen molar-refractivity contribution in [2.24, 2.45) is 0 Å². The molecule has 5 heteroatoms. The molecule has 2 aromatic carbocycles. The van der Waals surface area contributed by atoms with Gasteiger partial charge in [-0.1, -0.05) is 91.8 Å². The largest absolute Gasteiger partial charge is 0.340 e. The van der Waals surface area contributed by atoms with Crippen LogP contribution in [0.2, 0.25) is 0 Å². The van der Waals surface area contributed by atoms with Crippen LogP contribution >= 0.6 is 24.0 Å². The van der Waals surface area contributed by atoms with E-state index in [-0.39, 0.29) is 11.9 Å². The molecule has 2 fully saturated rings. The Labute approximate surface area is 193 Å². The van der Waals surface area contributed by atoms with Gasteiger partial charge in [-0.05, 0) is 37.5 Å². The van der Waals surface area contributed by atoms with E-state index < -0.39 is 0 Å². The first kappa shape index (κ1) is 20.5. The number of rotatable bonds is 4. The minimum atomic E-state index is 0.0844. The molecule has 0 spiro atoms. The third kappa shape index (κ3) is 3.85. The summed E-state index contributed by atoms with van der Waals surface area (Å²) in [5, 5.41) is 1.18. The molecule has 1 aliphatic heterocycles. The van der Waals surface area contributed by atoms with E-state index in [9.17, 15) is 4.79 Å². The quantitative estimate of drug-likeness (QED) is 0.336. The molecule has 1 saturated carbocycles. The normalized spacial score (nSPS) is 19.1. The Morgan fingerprint density at radius 3 is 2.52 bits per heavy atom. The van der Waals surface area contributed by atoms with Crippen LogP contribution in [0.1, 0.15) is 48.9 Å². The lowest BCUT2D eigenvalue weighted by atomic mass is 9.94. The lowest BCUT2D eigenvalue weighted by molar-refractivity contribution is -0.124. The molecule has 0 bridgehead atoms. The number of amides is 1. The Balaban J connectivity index is 1.53. The van der Waals surface area contributed by atoms with Crippen molar-refractivity contribution in [1.29, 1.82) is 0 Å². The van der Waals surface area contributed by atoms with E-state index in [1.165, 1.54) is 53.2 Å². The number of fused-ring (bicyclic) bond motifs is 1. The SMILES string of the molecule is Cc1c(/C=C2/SC(=S)N(C3CCCCC3)C2=O)c2ccccc2n1Cc1ccccc1. The van der Waals surface area contributed by atoms with Crippen LogP contribution in [-0.4, -0.2) is 25.7 Å². The van der Waals surface area contributed by atoms with Crippen molar-refractivity contribution in [3.05, 3.63) is 76.3 Å². The van der Waals surface area contributed by atoms with E-state index in [1.54, 1.807) is 0 Å². The second-order valence-electron chi connectivity index (χ2n) is 8.43. The van der Waals surface area contributed by atoms with Gasteiger partial charge in [0.25, 0.3) is 5.91 Å². The highest BCUT2D eigenvalue weighted by atomic mass is 32.2. The Hall–Kier alpha value is -2.37. The first-order valence-corrected chi connectivity index (χ1v) is 12.2. The second-order valence-corrected chi connectivity index (χ2v) is 10.1. The average Bonchev–Trinajstić information content (AvgIpc) is 3.23. The number of carbonyl (C=O) groups excluding carboxylic acids is 1. The maximum Gasteiger partial charge on any atom is 0.266 e. The maximum atomic E-state index is 13.3. The summed E-state index contributed by atoms with van der Waals surface area (Å²) in [5.74, 6) is 0.0844. The van der Waals surface area contributed by atoms with E-state index in [0.29, 0.717) is 4.32 Å². The van der Waals surface area contributed by atoms with Crippen LogP contribution in [0.5, 0.6) is 0 Å². The Bertz CT molecular complexity index is 1170. The summed E-state index contributed by atoms with van der Waals surface area (Å²) in [4.78, 5) is 16.0. The Kier molecular flexibility index (Phi) is 5.72. The van der Waals surface area contributed by atoms with Crippen LogP contribution in [-0.2, 0) is 11.3 Å². The van der Waals surface area contributed by atoms with Gasteiger partial charge >= 0.3 is 0 Å². The minimum absolute atomic E-state index is 0.0844. The second kappa shape index (κ2) is 8.64. The highest BCUT2D eigenvalue weighted by Crippen LogP contribution is 2.39. The number of hydrogen-bond acceptors (Lipinski definition) is 3. The predicted molar refractivity (Wildman–Crippen MR) is 134 cm³/mol. The van der Waals surface area contributed by atoms with Crippen molar-refractivity contribution in [3.8, 4) is 0 Å². The van der Waals surface area contributed by atoms with E-state index in [1.807, 2.05) is 11.0 Å². The van der Waals surface area contributed by atoms with Crippen molar-refractivity contribution in [2.75, 3.05) is 0 Å². The zero-order chi connectivity index (χ0) is 21.4. The number of benzene rings is 2. The van der Waals surface area contributed by atoms with Crippen molar-refractivity contribution >= 4 is 51.2 Å². The summed E-state index contributed by atoms with van der Waals surface area (Å²) in [6.07, 6.45) is 7.84. The van der Waals surface area contributed by atoms with Gasteiger partial charge < -0.3 is 4.57 Å². The molecule has 0 N–H and O–H groups in total. The van der Waals surface area contributed by atoms with E-state index in [2.05, 4.69) is 66.1 Å². The van der Waals surface area contributed by atoms with Crippen molar-refractivity contribution in [2.45, 2.75) is 51.6 Å². The molecule has 0 radical (unpaired) electrons. The minimum Gasteiger partial charge on any atom is -0.340 e. The molecule has 5 rings (SSSR count). The van der Waals surface area contributed by atoms with Crippen LogP contribution in [0, 0.1) is 6.92 Å². The number of carbonyl (C=O) groups is 1. The summed E-state index contributed by atoms with van der Waals surface area (Å²) in [6.45, 7) is 2.96. The van der Waals surface area contributed by atoms with E-state index >= 15 is 0 Å². The molecule has 3 aromatic rings. The van der Waals surface area contributed by atoms with Crippen LogP contribution < -0.4 is 0 Å². The van der Waals surface area contributed by atoms with Gasteiger partial charge in [-0.25, -0.2) is 0 Å². The number of hydrogen-bond donors (Lipinski definition) is 0. The number of thiocarbonyl (C=S) groups is 1. The lowest BCUT2D eigenvalue weighted by Gasteiger charge is -2.29. The molecule has 1 amide bonds. The number of aromatic nitrogens is 1. The van der Waals surface area contributed by atoms with Gasteiger partial charge in [0.2, 0.25) is 0 Å². The highest BCUT2D eigenvalue weighted by molar-refractivity contribution is 8.26. The summed E-state index contributed by atoms with van der Waals surface area (Å²) >= 11 is 7.09.